The number of rotatable bonds is 4. The molecule has 2 aliphatic rings. The van der Waals surface area contributed by atoms with Gasteiger partial charge >= 0.3 is 5.97 Å². The van der Waals surface area contributed by atoms with Crippen LogP contribution in [0.2, 0.25) is 0 Å². The fraction of sp³-hybridized carbons (Fsp3) is 0.429. The first-order valence-electron chi connectivity index (χ1n) is 6.56. The lowest BCUT2D eigenvalue weighted by molar-refractivity contribution is -0.148. The minimum atomic E-state index is -0.978. The molecule has 106 valence electrons. The molecule has 1 aromatic rings. The number of carboxylic acids is 1. The van der Waals surface area contributed by atoms with Gasteiger partial charge in [-0.1, -0.05) is 12.1 Å². The van der Waals surface area contributed by atoms with Crippen molar-refractivity contribution in [3.8, 4) is 5.75 Å². The quantitative estimate of drug-likeness (QED) is 0.913. The van der Waals surface area contributed by atoms with Gasteiger partial charge in [-0.15, -0.1) is 11.8 Å². The van der Waals surface area contributed by atoms with Crippen molar-refractivity contribution in [1.82, 2.24) is 4.90 Å². The van der Waals surface area contributed by atoms with Crippen LogP contribution in [0.5, 0.6) is 5.75 Å². The van der Waals surface area contributed by atoms with Gasteiger partial charge in [-0.3, -0.25) is 9.59 Å². The maximum absolute atomic E-state index is 12.4. The minimum Gasteiger partial charge on any atom is -0.480 e. The SMILES string of the molecule is O=C(O)CN(C(=O)[C@H]1CSc2ccccc2O1)C1CC1. The van der Waals surface area contributed by atoms with Crippen LogP contribution in [-0.2, 0) is 9.59 Å². The first-order chi connectivity index (χ1) is 9.65. The molecule has 0 unspecified atom stereocenters. The van der Waals surface area contributed by atoms with Crippen molar-refractivity contribution >= 4 is 23.6 Å². The van der Waals surface area contributed by atoms with E-state index < -0.39 is 12.1 Å². The zero-order chi connectivity index (χ0) is 14.1. The number of fused-ring (bicyclic) bond motifs is 1. The summed E-state index contributed by atoms with van der Waals surface area (Å²) in [5.74, 6) is 0.0396. The topological polar surface area (TPSA) is 66.8 Å². The summed E-state index contributed by atoms with van der Waals surface area (Å²) in [7, 11) is 0. The van der Waals surface area contributed by atoms with Crippen molar-refractivity contribution in [2.75, 3.05) is 12.3 Å². The molecule has 1 N–H and O–H groups in total. The number of para-hydroxylation sites is 1. The molecule has 1 aromatic carbocycles. The maximum Gasteiger partial charge on any atom is 0.323 e. The average Bonchev–Trinajstić information content (AvgIpc) is 3.28. The predicted molar refractivity (Wildman–Crippen MR) is 74.0 cm³/mol. The first kappa shape index (κ1) is 13.3. The lowest BCUT2D eigenvalue weighted by Gasteiger charge is -2.29. The molecule has 1 fully saturated rings. The molecule has 0 saturated heterocycles. The zero-order valence-electron chi connectivity index (χ0n) is 10.8. The highest BCUT2D eigenvalue weighted by molar-refractivity contribution is 7.99. The highest BCUT2D eigenvalue weighted by Crippen LogP contribution is 2.36. The Morgan fingerprint density at radius 2 is 2.10 bits per heavy atom. The van der Waals surface area contributed by atoms with Crippen molar-refractivity contribution in [2.24, 2.45) is 0 Å². The number of ether oxygens (including phenoxy) is 1. The van der Waals surface area contributed by atoms with Crippen LogP contribution in [0.3, 0.4) is 0 Å². The Kier molecular flexibility index (Phi) is 3.56. The zero-order valence-corrected chi connectivity index (χ0v) is 11.6. The Balaban J connectivity index is 1.72. The molecule has 1 aliphatic carbocycles. The molecule has 1 amide bonds. The summed E-state index contributed by atoms with van der Waals surface area (Å²) >= 11 is 1.57. The summed E-state index contributed by atoms with van der Waals surface area (Å²) in [6.07, 6.45) is 1.18. The Bertz CT molecular complexity index is 544. The van der Waals surface area contributed by atoms with E-state index in [-0.39, 0.29) is 18.5 Å². The van der Waals surface area contributed by atoms with Gasteiger partial charge < -0.3 is 14.7 Å². The first-order valence-corrected chi connectivity index (χ1v) is 7.54. The van der Waals surface area contributed by atoms with Crippen LogP contribution in [0, 0.1) is 0 Å². The van der Waals surface area contributed by atoms with E-state index in [1.54, 1.807) is 11.8 Å². The van der Waals surface area contributed by atoms with E-state index in [9.17, 15) is 9.59 Å². The van der Waals surface area contributed by atoms with Gasteiger partial charge in [-0.2, -0.15) is 0 Å². The molecular weight excluding hydrogens is 278 g/mol. The van der Waals surface area contributed by atoms with Gasteiger partial charge in [-0.25, -0.2) is 0 Å². The number of carbonyl (C=O) groups is 2. The molecule has 0 bridgehead atoms. The molecule has 1 aliphatic heterocycles. The number of aliphatic carboxylic acids is 1. The highest BCUT2D eigenvalue weighted by Gasteiger charge is 2.39. The Morgan fingerprint density at radius 3 is 2.80 bits per heavy atom. The van der Waals surface area contributed by atoms with E-state index in [4.69, 9.17) is 9.84 Å². The summed E-state index contributed by atoms with van der Waals surface area (Å²) in [5.41, 5.74) is 0. The molecule has 20 heavy (non-hydrogen) atoms. The monoisotopic (exact) mass is 293 g/mol. The van der Waals surface area contributed by atoms with E-state index in [2.05, 4.69) is 0 Å². The second kappa shape index (κ2) is 5.36. The highest BCUT2D eigenvalue weighted by atomic mass is 32.2. The summed E-state index contributed by atoms with van der Waals surface area (Å²) in [6.45, 7) is -0.240. The van der Waals surface area contributed by atoms with Gasteiger partial charge in [0.05, 0.1) is 0 Å². The number of nitrogens with zero attached hydrogens (tertiary/aromatic N) is 1. The molecule has 1 atom stereocenters. The van der Waals surface area contributed by atoms with Crippen molar-refractivity contribution in [3.05, 3.63) is 24.3 Å². The Labute approximate surface area is 120 Å². The second-order valence-electron chi connectivity index (χ2n) is 4.96. The van der Waals surface area contributed by atoms with Crippen molar-refractivity contribution < 1.29 is 19.4 Å². The van der Waals surface area contributed by atoms with Crippen molar-refractivity contribution in [2.45, 2.75) is 29.9 Å². The third-order valence-corrected chi connectivity index (χ3v) is 4.48. The van der Waals surface area contributed by atoms with E-state index in [0.717, 1.165) is 17.7 Å². The standard InChI is InChI=1S/C14H15NO4S/c16-13(17)7-15(9-5-6-9)14(18)11-8-20-12-4-2-1-3-10(12)19-11/h1-4,9,11H,5-8H2,(H,16,17)/t11-/m1/s1. The third-order valence-electron chi connectivity index (χ3n) is 3.36. The van der Waals surface area contributed by atoms with Crippen LogP contribution < -0.4 is 4.74 Å². The molecule has 5 nitrogen and oxygen atoms in total. The predicted octanol–water partition coefficient (Wildman–Crippen LogP) is 1.62. The van der Waals surface area contributed by atoms with E-state index in [0.29, 0.717) is 11.5 Å². The Morgan fingerprint density at radius 1 is 1.35 bits per heavy atom. The molecular formula is C14H15NO4S. The molecule has 0 spiro atoms. The van der Waals surface area contributed by atoms with Crippen LogP contribution in [0.25, 0.3) is 0 Å². The van der Waals surface area contributed by atoms with Crippen LogP contribution in [0.4, 0.5) is 0 Å². The van der Waals surface area contributed by atoms with Crippen LogP contribution in [-0.4, -0.2) is 46.3 Å². The van der Waals surface area contributed by atoms with E-state index in [1.807, 2.05) is 24.3 Å². The second-order valence-corrected chi connectivity index (χ2v) is 6.02. The summed E-state index contributed by atoms with van der Waals surface area (Å²) < 4.78 is 5.73. The molecule has 1 heterocycles. The van der Waals surface area contributed by atoms with Crippen LogP contribution >= 0.6 is 11.8 Å². The number of thioether (sulfide) groups is 1. The Hall–Kier alpha value is -1.69. The molecule has 0 aromatic heterocycles. The van der Waals surface area contributed by atoms with Crippen LogP contribution in [0.15, 0.2) is 29.2 Å². The van der Waals surface area contributed by atoms with Crippen molar-refractivity contribution in [1.29, 1.82) is 0 Å². The largest absolute Gasteiger partial charge is 0.480 e. The smallest absolute Gasteiger partial charge is 0.323 e. The van der Waals surface area contributed by atoms with E-state index >= 15 is 0 Å². The number of benzene rings is 1. The number of hydrogen-bond acceptors (Lipinski definition) is 4. The lowest BCUT2D eigenvalue weighted by atomic mass is 10.3. The van der Waals surface area contributed by atoms with Crippen LogP contribution in [0.1, 0.15) is 12.8 Å². The lowest BCUT2D eigenvalue weighted by Crippen LogP contribution is -2.47. The molecule has 0 radical (unpaired) electrons. The van der Waals surface area contributed by atoms with Gasteiger partial charge in [0, 0.05) is 16.7 Å². The van der Waals surface area contributed by atoms with Gasteiger partial charge in [-0.05, 0) is 25.0 Å². The maximum atomic E-state index is 12.4. The van der Waals surface area contributed by atoms with E-state index in [1.165, 1.54) is 4.90 Å². The molecule has 3 rings (SSSR count). The number of carbonyl (C=O) groups excluding carboxylic acids is 1. The van der Waals surface area contributed by atoms with Gasteiger partial charge in [0.25, 0.3) is 5.91 Å². The summed E-state index contributed by atoms with van der Waals surface area (Å²) in [4.78, 5) is 25.8. The molecule has 1 saturated carbocycles. The molecule has 6 heteroatoms. The summed E-state index contributed by atoms with van der Waals surface area (Å²) in [5, 5.41) is 8.93. The third kappa shape index (κ3) is 2.75. The average molecular weight is 293 g/mol. The normalized spacial score (nSPS) is 20.7. The van der Waals surface area contributed by atoms with Gasteiger partial charge in [0.1, 0.15) is 12.3 Å². The van der Waals surface area contributed by atoms with Crippen molar-refractivity contribution in [3.63, 3.8) is 0 Å². The fourth-order valence-electron chi connectivity index (χ4n) is 2.25. The number of hydrogen-bond donors (Lipinski definition) is 1. The minimum absolute atomic E-state index is 0.0735. The number of carboxylic acid groups (broad SMARTS) is 1. The fourth-order valence-corrected chi connectivity index (χ4v) is 3.22. The summed E-state index contributed by atoms with van der Waals surface area (Å²) in [6, 6.07) is 7.65. The van der Waals surface area contributed by atoms with Gasteiger partial charge in [0.2, 0.25) is 0 Å². The van der Waals surface area contributed by atoms with Gasteiger partial charge in [0.15, 0.2) is 6.10 Å². The number of amides is 1.